The Kier molecular flexibility index (Phi) is 5.41. The molecule has 1 saturated heterocycles. The number of hydrogen-bond acceptors (Lipinski definition) is 3. The van der Waals surface area contributed by atoms with Crippen molar-refractivity contribution in [3.8, 4) is 0 Å². The molecule has 0 radical (unpaired) electrons. The molecule has 1 aliphatic heterocycles. The Balaban J connectivity index is 2.57. The Morgan fingerprint density at radius 3 is 2.04 bits per heavy atom. The zero-order valence-corrected chi connectivity index (χ0v) is 13.8. The number of benzene rings is 1. The van der Waals surface area contributed by atoms with E-state index < -0.39 is 44.4 Å². The molecule has 0 spiro atoms. The molecule has 0 aromatic heterocycles. The van der Waals surface area contributed by atoms with Crippen LogP contribution in [-0.2, 0) is 27.1 Å². The van der Waals surface area contributed by atoms with E-state index in [9.17, 15) is 34.8 Å². The minimum absolute atomic E-state index is 0.00429. The molecule has 1 heterocycles. The van der Waals surface area contributed by atoms with E-state index in [1.54, 1.807) is 0 Å². The van der Waals surface area contributed by atoms with Gasteiger partial charge in [0.05, 0.1) is 22.6 Å². The molecule has 11 heteroatoms. The van der Waals surface area contributed by atoms with E-state index >= 15 is 0 Å². The van der Waals surface area contributed by atoms with Crippen molar-refractivity contribution in [2.45, 2.75) is 36.1 Å². The van der Waals surface area contributed by atoms with E-state index in [0.717, 1.165) is 4.31 Å². The van der Waals surface area contributed by atoms with Gasteiger partial charge in [-0.15, -0.1) is 0 Å². The van der Waals surface area contributed by atoms with Crippen molar-refractivity contribution in [3.05, 3.63) is 29.3 Å². The van der Waals surface area contributed by atoms with Gasteiger partial charge in [-0.05, 0) is 31.0 Å². The number of methoxy groups -OCH3 is 1. The summed E-state index contributed by atoms with van der Waals surface area (Å²) in [5, 5.41) is 0. The summed E-state index contributed by atoms with van der Waals surface area (Å²) in [6.45, 7) is 0.0122. The van der Waals surface area contributed by atoms with Crippen molar-refractivity contribution >= 4 is 10.0 Å². The van der Waals surface area contributed by atoms with Crippen LogP contribution in [0.15, 0.2) is 23.1 Å². The minimum Gasteiger partial charge on any atom is -0.383 e. The highest BCUT2D eigenvalue weighted by Crippen LogP contribution is 2.38. The van der Waals surface area contributed by atoms with E-state index in [1.807, 2.05) is 0 Å². The van der Waals surface area contributed by atoms with Crippen LogP contribution in [0.2, 0.25) is 0 Å². The monoisotopic (exact) mass is 391 g/mol. The Bertz CT molecular complexity index is 697. The molecule has 1 fully saturated rings. The van der Waals surface area contributed by atoms with Crippen LogP contribution in [0.25, 0.3) is 0 Å². The highest BCUT2D eigenvalue weighted by Gasteiger charge is 2.41. The van der Waals surface area contributed by atoms with Gasteiger partial charge in [-0.3, -0.25) is 0 Å². The summed E-state index contributed by atoms with van der Waals surface area (Å²) in [6.07, 6.45) is -9.36. The quantitative estimate of drug-likeness (QED) is 0.738. The molecular weight excluding hydrogens is 376 g/mol. The molecule has 1 unspecified atom stereocenters. The summed E-state index contributed by atoms with van der Waals surface area (Å²) >= 11 is 0. The summed E-state index contributed by atoms with van der Waals surface area (Å²) in [7, 11) is -3.19. The Hall–Kier alpha value is -1.33. The average Bonchev–Trinajstić information content (AvgIpc) is 2.94. The topological polar surface area (TPSA) is 46.6 Å². The van der Waals surface area contributed by atoms with E-state index in [0.29, 0.717) is 12.8 Å². The molecule has 142 valence electrons. The molecule has 0 bridgehead atoms. The SMILES string of the molecule is COCC1CCCN1S(=O)(=O)c1cc(C(F)(F)F)cc(C(F)(F)F)c1. The van der Waals surface area contributed by atoms with Gasteiger partial charge in [0.25, 0.3) is 0 Å². The Labute approximate surface area is 140 Å². The summed E-state index contributed by atoms with van der Waals surface area (Å²) < 4.78 is 108. The number of ether oxygens (including phenoxy) is 1. The van der Waals surface area contributed by atoms with Crippen molar-refractivity contribution in [1.29, 1.82) is 0 Å². The molecular formula is C14H15F6NO3S. The summed E-state index contributed by atoms with van der Waals surface area (Å²) in [6, 6.07) is -0.270. The van der Waals surface area contributed by atoms with E-state index in [4.69, 9.17) is 4.74 Å². The second-order valence-electron chi connectivity index (χ2n) is 5.61. The van der Waals surface area contributed by atoms with E-state index in [2.05, 4.69) is 0 Å². The Morgan fingerprint density at radius 1 is 1.08 bits per heavy atom. The van der Waals surface area contributed by atoms with Crippen molar-refractivity contribution in [2.24, 2.45) is 0 Å². The van der Waals surface area contributed by atoms with Gasteiger partial charge in [0.15, 0.2) is 0 Å². The van der Waals surface area contributed by atoms with Gasteiger partial charge in [0.1, 0.15) is 0 Å². The molecule has 2 rings (SSSR count). The second kappa shape index (κ2) is 6.76. The Morgan fingerprint density at radius 2 is 1.60 bits per heavy atom. The first kappa shape index (κ1) is 20.0. The highest BCUT2D eigenvalue weighted by molar-refractivity contribution is 7.89. The van der Waals surface area contributed by atoms with Crippen LogP contribution in [0, 0.1) is 0 Å². The third-order valence-electron chi connectivity index (χ3n) is 3.85. The molecule has 25 heavy (non-hydrogen) atoms. The number of halogens is 6. The van der Waals surface area contributed by atoms with Crippen molar-refractivity contribution in [3.63, 3.8) is 0 Å². The lowest BCUT2D eigenvalue weighted by molar-refractivity contribution is -0.143. The summed E-state index contributed by atoms with van der Waals surface area (Å²) in [5.41, 5.74) is -3.33. The lowest BCUT2D eigenvalue weighted by Crippen LogP contribution is -2.38. The number of nitrogens with zero attached hydrogens (tertiary/aromatic N) is 1. The maximum atomic E-state index is 12.9. The molecule has 0 aliphatic carbocycles. The van der Waals surface area contributed by atoms with Gasteiger partial charge < -0.3 is 4.74 Å². The van der Waals surface area contributed by atoms with Crippen LogP contribution < -0.4 is 0 Å². The molecule has 0 N–H and O–H groups in total. The largest absolute Gasteiger partial charge is 0.416 e. The van der Waals surface area contributed by atoms with Crippen LogP contribution in [0.5, 0.6) is 0 Å². The first-order valence-corrected chi connectivity index (χ1v) is 8.61. The van der Waals surface area contributed by atoms with Crippen LogP contribution in [0.4, 0.5) is 26.3 Å². The lowest BCUT2D eigenvalue weighted by atomic mass is 10.1. The molecule has 1 atom stereocenters. The van der Waals surface area contributed by atoms with Crippen LogP contribution in [0.3, 0.4) is 0 Å². The molecule has 1 aliphatic rings. The normalized spacial score (nSPS) is 20.2. The van der Waals surface area contributed by atoms with Crippen molar-refractivity contribution in [1.82, 2.24) is 4.31 Å². The predicted molar refractivity (Wildman–Crippen MR) is 75.2 cm³/mol. The fourth-order valence-electron chi connectivity index (χ4n) is 2.70. The van der Waals surface area contributed by atoms with E-state index in [1.165, 1.54) is 7.11 Å². The molecule has 1 aromatic carbocycles. The molecule has 4 nitrogen and oxygen atoms in total. The van der Waals surface area contributed by atoms with Gasteiger partial charge in [-0.25, -0.2) is 8.42 Å². The highest BCUT2D eigenvalue weighted by atomic mass is 32.2. The van der Waals surface area contributed by atoms with Gasteiger partial charge in [0, 0.05) is 19.7 Å². The fraction of sp³-hybridized carbons (Fsp3) is 0.571. The van der Waals surface area contributed by atoms with Gasteiger partial charge in [0.2, 0.25) is 10.0 Å². The first-order valence-electron chi connectivity index (χ1n) is 7.17. The third-order valence-corrected chi connectivity index (χ3v) is 5.78. The molecule has 0 saturated carbocycles. The standard InChI is InChI=1S/C14H15F6NO3S/c1-24-8-11-3-2-4-21(11)25(22,23)12-6-9(13(15,16)17)5-10(7-12)14(18,19)20/h5-7,11H,2-4,8H2,1H3. The summed E-state index contributed by atoms with van der Waals surface area (Å²) in [4.78, 5) is -1.03. The lowest BCUT2D eigenvalue weighted by Gasteiger charge is -2.24. The zero-order chi connectivity index (χ0) is 19.0. The van der Waals surface area contributed by atoms with Crippen molar-refractivity contribution < 1.29 is 39.5 Å². The average molecular weight is 391 g/mol. The number of sulfonamides is 1. The predicted octanol–water partition coefficient (Wildman–Crippen LogP) is 3.52. The van der Waals surface area contributed by atoms with Gasteiger partial charge >= 0.3 is 12.4 Å². The van der Waals surface area contributed by atoms with Crippen LogP contribution >= 0.6 is 0 Å². The smallest absolute Gasteiger partial charge is 0.383 e. The van der Waals surface area contributed by atoms with Gasteiger partial charge in [-0.2, -0.15) is 30.6 Å². The van der Waals surface area contributed by atoms with Crippen LogP contribution in [-0.4, -0.2) is 39.0 Å². The number of hydrogen-bond donors (Lipinski definition) is 0. The maximum absolute atomic E-state index is 12.9. The number of rotatable bonds is 4. The van der Waals surface area contributed by atoms with E-state index in [-0.39, 0.29) is 31.4 Å². The van der Waals surface area contributed by atoms with Gasteiger partial charge in [-0.1, -0.05) is 0 Å². The van der Waals surface area contributed by atoms with Crippen molar-refractivity contribution in [2.75, 3.05) is 20.3 Å². The number of alkyl halides is 6. The third kappa shape index (κ3) is 4.26. The first-order chi connectivity index (χ1) is 11.4. The fourth-order valence-corrected chi connectivity index (χ4v) is 4.45. The summed E-state index contributed by atoms with van der Waals surface area (Å²) in [5.74, 6) is 0. The zero-order valence-electron chi connectivity index (χ0n) is 13.0. The minimum atomic E-state index is -5.11. The second-order valence-corrected chi connectivity index (χ2v) is 7.50. The van der Waals surface area contributed by atoms with Crippen LogP contribution in [0.1, 0.15) is 24.0 Å². The maximum Gasteiger partial charge on any atom is 0.416 e. The molecule has 0 amide bonds. The molecule has 1 aromatic rings.